The molecule has 1 aromatic heterocycles. The lowest BCUT2D eigenvalue weighted by Crippen LogP contribution is -2.31. The largest absolute Gasteiger partial charge is 0.457 e. The Bertz CT molecular complexity index is 773. The summed E-state index contributed by atoms with van der Waals surface area (Å²) in [6.45, 7) is 1.11. The Morgan fingerprint density at radius 2 is 2.24 bits per heavy atom. The molecule has 1 saturated heterocycles. The fourth-order valence-corrected chi connectivity index (χ4v) is 3.23. The third kappa shape index (κ3) is 4.44. The summed E-state index contributed by atoms with van der Waals surface area (Å²) in [6.07, 6.45) is -1.58. The van der Waals surface area contributed by atoms with Gasteiger partial charge in [0.1, 0.15) is 12.3 Å². The molecule has 0 spiro atoms. The molecule has 2 heterocycles. The van der Waals surface area contributed by atoms with E-state index >= 15 is 0 Å². The van der Waals surface area contributed by atoms with Crippen molar-refractivity contribution in [2.75, 3.05) is 20.3 Å². The monoisotopic (exact) mass is 378 g/mol. The molecule has 0 radical (unpaired) electrons. The molecule has 12 heteroatoms. The molecule has 0 amide bonds. The lowest BCUT2D eigenvalue weighted by Gasteiger charge is -2.19. The van der Waals surface area contributed by atoms with Crippen molar-refractivity contribution in [2.24, 2.45) is 0 Å². The highest BCUT2D eigenvalue weighted by Gasteiger charge is 2.41. The fraction of sp³-hybridized carbons (Fsp3) is 0.615. The van der Waals surface area contributed by atoms with Crippen LogP contribution in [0.5, 0.6) is 0 Å². The standard InChI is InChI=1S/C13H19N2O9P/c1-3-22-13(19)25(20,21-2)23-7-9-8(16)6-11(24-9)15-5-4-10(17)14-12(15)18/h4-5,8-9,11,16H,3,6-7H2,1-2H3,(H,14,17,18)/t8-,9+,11+,25?/m0/s1. The van der Waals surface area contributed by atoms with Crippen molar-refractivity contribution in [3.63, 3.8) is 0 Å². The van der Waals surface area contributed by atoms with Crippen molar-refractivity contribution in [1.82, 2.24) is 9.55 Å². The quantitative estimate of drug-likeness (QED) is 0.635. The maximum atomic E-state index is 12.2. The summed E-state index contributed by atoms with van der Waals surface area (Å²) in [5.74, 6) is 0. The molecule has 25 heavy (non-hydrogen) atoms. The number of aromatic nitrogens is 2. The smallest absolute Gasteiger partial charge is 0.438 e. The molecular formula is C13H19N2O9P. The van der Waals surface area contributed by atoms with Gasteiger partial charge in [0.2, 0.25) is 0 Å². The fourth-order valence-electron chi connectivity index (χ4n) is 2.24. The van der Waals surface area contributed by atoms with E-state index in [1.165, 1.54) is 13.1 Å². The minimum absolute atomic E-state index is 0.00467. The van der Waals surface area contributed by atoms with Crippen LogP contribution in [-0.4, -0.2) is 52.9 Å². The maximum Gasteiger partial charge on any atom is 0.438 e. The van der Waals surface area contributed by atoms with Gasteiger partial charge >= 0.3 is 19.0 Å². The van der Waals surface area contributed by atoms with E-state index in [4.69, 9.17) is 9.26 Å². The Kier molecular flexibility index (Phi) is 6.31. The van der Waals surface area contributed by atoms with Crippen LogP contribution in [0.4, 0.5) is 4.79 Å². The zero-order chi connectivity index (χ0) is 18.6. The molecule has 0 bridgehead atoms. The highest BCUT2D eigenvalue weighted by Crippen LogP contribution is 2.49. The second-order valence-corrected chi connectivity index (χ2v) is 7.11. The molecule has 1 aliphatic rings. The first-order valence-corrected chi connectivity index (χ1v) is 8.97. The predicted octanol–water partition coefficient (Wildman–Crippen LogP) is 0.198. The van der Waals surface area contributed by atoms with Crippen LogP contribution < -0.4 is 11.2 Å². The van der Waals surface area contributed by atoms with Gasteiger partial charge in [-0.2, -0.15) is 0 Å². The van der Waals surface area contributed by atoms with Crippen LogP contribution in [-0.2, 0) is 23.1 Å². The molecule has 1 unspecified atom stereocenters. The van der Waals surface area contributed by atoms with E-state index < -0.39 is 49.6 Å². The number of hydrogen-bond donors (Lipinski definition) is 2. The molecule has 140 valence electrons. The van der Waals surface area contributed by atoms with Gasteiger partial charge in [0, 0.05) is 25.8 Å². The van der Waals surface area contributed by atoms with Crippen molar-refractivity contribution in [3.05, 3.63) is 33.1 Å². The van der Waals surface area contributed by atoms with Crippen LogP contribution in [0.25, 0.3) is 0 Å². The number of rotatable bonds is 7. The summed E-state index contributed by atoms with van der Waals surface area (Å²) < 4.78 is 33.1. The SMILES string of the molecule is CCOC(=O)P(=O)(OC)OC[C@H]1O[C@@H](n2ccc(=O)[nH]c2=O)C[C@@H]1O. The van der Waals surface area contributed by atoms with Crippen LogP contribution in [0.1, 0.15) is 19.6 Å². The molecular weight excluding hydrogens is 359 g/mol. The second-order valence-electron chi connectivity index (χ2n) is 5.12. The summed E-state index contributed by atoms with van der Waals surface area (Å²) in [5, 5.41) is 10.0. The topological polar surface area (TPSA) is 146 Å². The third-order valence-electron chi connectivity index (χ3n) is 3.51. The van der Waals surface area contributed by atoms with Crippen molar-refractivity contribution in [2.45, 2.75) is 31.8 Å². The van der Waals surface area contributed by atoms with E-state index in [0.717, 1.165) is 17.7 Å². The average molecular weight is 378 g/mol. The number of carbonyl (C=O) groups excluding carboxylic acids is 1. The van der Waals surface area contributed by atoms with Gasteiger partial charge in [-0.3, -0.25) is 18.9 Å². The van der Waals surface area contributed by atoms with Crippen LogP contribution >= 0.6 is 7.60 Å². The van der Waals surface area contributed by atoms with Crippen LogP contribution in [0, 0.1) is 0 Å². The van der Waals surface area contributed by atoms with E-state index in [-0.39, 0.29) is 13.0 Å². The first-order chi connectivity index (χ1) is 11.8. The minimum Gasteiger partial charge on any atom is -0.457 e. The molecule has 1 aliphatic heterocycles. The number of hydrogen-bond acceptors (Lipinski definition) is 9. The van der Waals surface area contributed by atoms with Crippen molar-refractivity contribution >= 4 is 13.3 Å². The molecule has 0 aromatic carbocycles. The van der Waals surface area contributed by atoms with Crippen molar-refractivity contribution < 1.29 is 33.0 Å². The number of aliphatic hydroxyl groups excluding tert-OH is 1. The lowest BCUT2D eigenvalue weighted by molar-refractivity contribution is -0.0427. The summed E-state index contributed by atoms with van der Waals surface area (Å²) in [7, 11) is -3.13. The molecule has 0 saturated carbocycles. The van der Waals surface area contributed by atoms with Gasteiger partial charge in [-0.05, 0) is 6.92 Å². The Morgan fingerprint density at radius 1 is 1.52 bits per heavy atom. The number of ether oxygens (including phenoxy) is 2. The van der Waals surface area contributed by atoms with Gasteiger partial charge in [0.25, 0.3) is 5.56 Å². The zero-order valence-electron chi connectivity index (χ0n) is 13.6. The van der Waals surface area contributed by atoms with Crippen LogP contribution in [0.15, 0.2) is 21.9 Å². The molecule has 1 fully saturated rings. The summed E-state index contributed by atoms with van der Waals surface area (Å²) >= 11 is 0. The third-order valence-corrected chi connectivity index (χ3v) is 5.05. The average Bonchev–Trinajstić information content (AvgIpc) is 2.93. The first kappa shape index (κ1) is 19.5. The normalized spacial score (nSPS) is 25.5. The molecule has 1 aromatic rings. The Labute approximate surface area is 142 Å². The number of aliphatic hydroxyl groups is 1. The summed E-state index contributed by atoms with van der Waals surface area (Å²) in [6, 6.07) is 1.14. The van der Waals surface area contributed by atoms with Crippen LogP contribution in [0.3, 0.4) is 0 Å². The Balaban J connectivity index is 2.04. The van der Waals surface area contributed by atoms with E-state index in [1.54, 1.807) is 0 Å². The second kappa shape index (κ2) is 8.07. The minimum atomic E-state index is -4.16. The van der Waals surface area contributed by atoms with E-state index in [1.807, 2.05) is 0 Å². The Hall–Kier alpha value is -1.78. The maximum absolute atomic E-state index is 12.2. The Morgan fingerprint density at radius 3 is 2.84 bits per heavy atom. The highest BCUT2D eigenvalue weighted by atomic mass is 31.2. The number of carbonyl (C=O) groups is 1. The van der Waals surface area contributed by atoms with Gasteiger partial charge in [0.15, 0.2) is 0 Å². The summed E-state index contributed by atoms with van der Waals surface area (Å²) in [4.78, 5) is 36.5. The molecule has 2 rings (SSSR count). The van der Waals surface area contributed by atoms with Crippen molar-refractivity contribution in [1.29, 1.82) is 0 Å². The molecule has 2 N–H and O–H groups in total. The van der Waals surface area contributed by atoms with Crippen molar-refractivity contribution in [3.8, 4) is 0 Å². The number of nitrogens with zero attached hydrogens (tertiary/aromatic N) is 1. The van der Waals surface area contributed by atoms with Gasteiger partial charge in [-0.25, -0.2) is 14.2 Å². The van der Waals surface area contributed by atoms with E-state index in [9.17, 15) is 24.1 Å². The highest BCUT2D eigenvalue weighted by molar-refractivity contribution is 7.71. The predicted molar refractivity (Wildman–Crippen MR) is 83.4 cm³/mol. The molecule has 11 nitrogen and oxygen atoms in total. The number of H-pyrrole nitrogens is 1. The number of nitrogens with one attached hydrogen (secondary N) is 1. The number of aromatic amines is 1. The lowest BCUT2D eigenvalue weighted by atomic mass is 10.2. The summed E-state index contributed by atoms with van der Waals surface area (Å²) in [5.41, 5.74) is -2.39. The zero-order valence-corrected chi connectivity index (χ0v) is 14.5. The van der Waals surface area contributed by atoms with E-state index in [2.05, 4.69) is 14.2 Å². The van der Waals surface area contributed by atoms with Gasteiger partial charge < -0.3 is 19.1 Å². The van der Waals surface area contributed by atoms with Gasteiger partial charge in [0.05, 0.1) is 19.3 Å². The molecule has 0 aliphatic carbocycles. The van der Waals surface area contributed by atoms with Crippen LogP contribution in [0.2, 0.25) is 0 Å². The van der Waals surface area contributed by atoms with Gasteiger partial charge in [-0.1, -0.05) is 0 Å². The van der Waals surface area contributed by atoms with E-state index in [0.29, 0.717) is 0 Å². The van der Waals surface area contributed by atoms with Gasteiger partial charge in [-0.15, -0.1) is 0 Å². The first-order valence-electron chi connectivity index (χ1n) is 7.43. The molecule has 4 atom stereocenters.